The lowest BCUT2D eigenvalue weighted by Crippen LogP contribution is -2.36. The van der Waals surface area contributed by atoms with E-state index in [0.29, 0.717) is 0 Å². The molecule has 0 spiro atoms. The highest BCUT2D eigenvalue weighted by Crippen LogP contribution is 2.24. The minimum Gasteiger partial charge on any atom is -0.378 e. The summed E-state index contributed by atoms with van der Waals surface area (Å²) in [5.74, 6) is -0.382. The number of ether oxygens (including phenoxy) is 1. The number of nitrogens with one attached hydrogen (secondary N) is 1. The summed E-state index contributed by atoms with van der Waals surface area (Å²) in [6.45, 7) is 9.04. The number of carbonyl (C=O) groups is 1. The number of aryl methyl sites for hydroxylation is 2. The zero-order chi connectivity index (χ0) is 22.0. The van der Waals surface area contributed by atoms with Crippen molar-refractivity contribution >= 4 is 17.3 Å². The minimum absolute atomic E-state index is 0.0907. The van der Waals surface area contributed by atoms with Gasteiger partial charge in [0.05, 0.1) is 31.0 Å². The Morgan fingerprint density at radius 1 is 1.06 bits per heavy atom. The summed E-state index contributed by atoms with van der Waals surface area (Å²) in [5, 5.41) is 7.58. The topological polar surface area (TPSA) is 59.4 Å². The molecule has 4 rings (SSSR count). The minimum atomic E-state index is -0.292. The number of aromatic nitrogens is 2. The molecule has 6 nitrogen and oxygen atoms in total. The van der Waals surface area contributed by atoms with Gasteiger partial charge in [-0.3, -0.25) is 4.79 Å². The molecule has 2 heterocycles. The maximum atomic E-state index is 13.2. The number of rotatable bonds is 5. The number of anilines is 2. The molecular weight excluding hydrogens is 395 g/mol. The SMILES string of the molecule is Cc1cc(N2CCOCC2)ccc1NC(=O)Cc1c(C)nn(-c2ccc(F)cc2)c1C. The Balaban J connectivity index is 1.47. The number of amides is 1. The van der Waals surface area contributed by atoms with Gasteiger partial charge in [-0.2, -0.15) is 5.10 Å². The molecular formula is C24H27FN4O2. The quantitative estimate of drug-likeness (QED) is 0.676. The van der Waals surface area contributed by atoms with Crippen LogP contribution in [-0.4, -0.2) is 42.0 Å². The lowest BCUT2D eigenvalue weighted by atomic mass is 10.1. The predicted molar refractivity (Wildman–Crippen MR) is 120 cm³/mol. The Morgan fingerprint density at radius 3 is 2.42 bits per heavy atom. The van der Waals surface area contributed by atoms with E-state index in [1.165, 1.54) is 12.1 Å². The van der Waals surface area contributed by atoms with Crippen LogP contribution in [0.3, 0.4) is 0 Å². The molecule has 0 bridgehead atoms. The third-order valence-electron chi connectivity index (χ3n) is 5.71. The number of morpholine rings is 1. The van der Waals surface area contributed by atoms with Gasteiger partial charge < -0.3 is 15.0 Å². The molecule has 0 saturated carbocycles. The molecule has 31 heavy (non-hydrogen) atoms. The molecule has 0 unspecified atom stereocenters. The van der Waals surface area contributed by atoms with Gasteiger partial charge in [-0.05, 0) is 68.8 Å². The average Bonchev–Trinajstić information content (AvgIpc) is 3.04. The highest BCUT2D eigenvalue weighted by Gasteiger charge is 2.17. The number of hydrogen-bond donors (Lipinski definition) is 1. The van der Waals surface area contributed by atoms with Crippen LogP contribution >= 0.6 is 0 Å². The molecule has 1 fully saturated rings. The Labute approximate surface area is 181 Å². The maximum absolute atomic E-state index is 13.2. The fraction of sp³-hybridized carbons (Fsp3) is 0.333. The van der Waals surface area contributed by atoms with Crippen molar-refractivity contribution < 1.29 is 13.9 Å². The highest BCUT2D eigenvalue weighted by atomic mass is 19.1. The molecule has 162 valence electrons. The smallest absolute Gasteiger partial charge is 0.228 e. The third kappa shape index (κ3) is 4.61. The molecule has 1 aliphatic rings. The van der Waals surface area contributed by atoms with Crippen molar-refractivity contribution in [3.63, 3.8) is 0 Å². The number of benzene rings is 2. The average molecular weight is 423 g/mol. The number of nitrogens with zero attached hydrogens (tertiary/aromatic N) is 3. The van der Waals surface area contributed by atoms with Crippen molar-refractivity contribution in [1.29, 1.82) is 0 Å². The van der Waals surface area contributed by atoms with Gasteiger partial charge in [-0.1, -0.05) is 0 Å². The van der Waals surface area contributed by atoms with Crippen LogP contribution in [0.15, 0.2) is 42.5 Å². The second kappa shape index (κ2) is 8.89. The Kier molecular flexibility index (Phi) is 6.04. The lowest BCUT2D eigenvalue weighted by molar-refractivity contribution is -0.115. The van der Waals surface area contributed by atoms with Crippen molar-refractivity contribution in [3.8, 4) is 5.69 Å². The fourth-order valence-corrected chi connectivity index (χ4v) is 3.93. The second-order valence-corrected chi connectivity index (χ2v) is 7.86. The van der Waals surface area contributed by atoms with Gasteiger partial charge in [0, 0.05) is 35.7 Å². The van der Waals surface area contributed by atoms with Gasteiger partial charge in [-0.25, -0.2) is 9.07 Å². The van der Waals surface area contributed by atoms with Crippen molar-refractivity contribution in [1.82, 2.24) is 9.78 Å². The summed E-state index contributed by atoms with van der Waals surface area (Å²) in [4.78, 5) is 15.1. The first-order valence-corrected chi connectivity index (χ1v) is 10.5. The van der Waals surface area contributed by atoms with Crippen LogP contribution in [0.25, 0.3) is 5.69 Å². The first-order chi connectivity index (χ1) is 14.9. The molecule has 1 N–H and O–H groups in total. The van der Waals surface area contributed by atoms with E-state index in [9.17, 15) is 9.18 Å². The van der Waals surface area contributed by atoms with E-state index < -0.39 is 0 Å². The van der Waals surface area contributed by atoms with Crippen molar-refractivity contribution in [3.05, 3.63) is 70.8 Å². The fourth-order valence-electron chi connectivity index (χ4n) is 3.93. The zero-order valence-electron chi connectivity index (χ0n) is 18.1. The summed E-state index contributed by atoms with van der Waals surface area (Å²) in [7, 11) is 0. The van der Waals surface area contributed by atoms with Crippen LogP contribution in [0.2, 0.25) is 0 Å². The van der Waals surface area contributed by atoms with Gasteiger partial charge >= 0.3 is 0 Å². The van der Waals surface area contributed by atoms with E-state index in [-0.39, 0.29) is 18.1 Å². The number of halogens is 1. The predicted octanol–water partition coefficient (Wildman–Crippen LogP) is 3.95. The Bertz CT molecular complexity index is 1090. The van der Waals surface area contributed by atoms with Crippen molar-refractivity contribution in [2.24, 2.45) is 0 Å². The van der Waals surface area contributed by atoms with Crippen LogP contribution in [-0.2, 0) is 16.0 Å². The van der Waals surface area contributed by atoms with E-state index in [1.54, 1.807) is 16.8 Å². The van der Waals surface area contributed by atoms with Gasteiger partial charge in [0.25, 0.3) is 0 Å². The molecule has 0 atom stereocenters. The zero-order valence-corrected chi connectivity index (χ0v) is 18.1. The molecule has 1 amide bonds. The summed E-state index contributed by atoms with van der Waals surface area (Å²) in [6.07, 6.45) is 0.226. The Morgan fingerprint density at radius 2 is 1.74 bits per heavy atom. The van der Waals surface area contributed by atoms with Crippen LogP contribution in [0.1, 0.15) is 22.5 Å². The highest BCUT2D eigenvalue weighted by molar-refractivity contribution is 5.93. The summed E-state index contributed by atoms with van der Waals surface area (Å²) in [6, 6.07) is 12.3. The number of hydrogen-bond acceptors (Lipinski definition) is 4. The monoisotopic (exact) mass is 422 g/mol. The molecule has 1 aromatic heterocycles. The summed E-state index contributed by atoms with van der Waals surface area (Å²) in [5.41, 5.74) is 6.28. The third-order valence-corrected chi connectivity index (χ3v) is 5.71. The molecule has 1 saturated heterocycles. The second-order valence-electron chi connectivity index (χ2n) is 7.86. The molecule has 0 radical (unpaired) electrons. The van der Waals surface area contributed by atoms with Crippen molar-refractivity contribution in [2.45, 2.75) is 27.2 Å². The molecule has 1 aliphatic heterocycles. The molecule has 0 aliphatic carbocycles. The van der Waals surface area contributed by atoms with Gasteiger partial charge in [0.1, 0.15) is 5.82 Å². The first-order valence-electron chi connectivity index (χ1n) is 10.5. The van der Waals surface area contributed by atoms with Crippen LogP contribution in [0.4, 0.5) is 15.8 Å². The van der Waals surface area contributed by atoms with Gasteiger partial charge in [-0.15, -0.1) is 0 Å². The van der Waals surface area contributed by atoms with E-state index >= 15 is 0 Å². The van der Waals surface area contributed by atoms with Gasteiger partial charge in [0.15, 0.2) is 0 Å². The first kappa shape index (κ1) is 21.1. The van der Waals surface area contributed by atoms with Crippen LogP contribution < -0.4 is 10.2 Å². The largest absolute Gasteiger partial charge is 0.378 e. The van der Waals surface area contributed by atoms with Gasteiger partial charge in [0.2, 0.25) is 5.91 Å². The molecule has 3 aromatic rings. The molecule has 7 heteroatoms. The van der Waals surface area contributed by atoms with E-state index in [0.717, 1.165) is 65.9 Å². The van der Waals surface area contributed by atoms with E-state index in [2.05, 4.69) is 21.4 Å². The Hall–Kier alpha value is -3.19. The van der Waals surface area contributed by atoms with Crippen molar-refractivity contribution in [2.75, 3.05) is 36.5 Å². The lowest BCUT2D eigenvalue weighted by Gasteiger charge is -2.29. The van der Waals surface area contributed by atoms with Crippen LogP contribution in [0, 0.1) is 26.6 Å². The molecule has 2 aromatic carbocycles. The van der Waals surface area contributed by atoms with E-state index in [1.807, 2.05) is 32.9 Å². The maximum Gasteiger partial charge on any atom is 0.228 e. The standard InChI is InChI=1S/C24H27FN4O2/c1-16-14-21(28-10-12-31-13-11-28)8-9-23(16)26-24(30)15-22-17(2)27-29(18(22)3)20-6-4-19(25)5-7-20/h4-9,14H,10-13,15H2,1-3H3,(H,26,30). The van der Waals surface area contributed by atoms with E-state index in [4.69, 9.17) is 4.74 Å². The summed E-state index contributed by atoms with van der Waals surface area (Å²) < 4.78 is 20.4. The summed E-state index contributed by atoms with van der Waals surface area (Å²) >= 11 is 0. The number of carbonyl (C=O) groups excluding carboxylic acids is 1. The normalized spacial score (nSPS) is 14.0. The van der Waals surface area contributed by atoms with Crippen LogP contribution in [0.5, 0.6) is 0 Å².